The molecule has 4 rings (SSSR count). The van der Waals surface area contributed by atoms with Gasteiger partial charge in [-0.15, -0.1) is 11.8 Å². The number of nitrogens with zero attached hydrogens (tertiary/aromatic N) is 2. The van der Waals surface area contributed by atoms with Crippen LogP contribution < -0.4 is 15.0 Å². The first kappa shape index (κ1) is 23.4. The van der Waals surface area contributed by atoms with Gasteiger partial charge in [-0.25, -0.2) is 0 Å². The van der Waals surface area contributed by atoms with Crippen LogP contribution in [0.1, 0.15) is 25.7 Å². The van der Waals surface area contributed by atoms with Crippen LogP contribution in [0.2, 0.25) is 5.02 Å². The molecule has 7 nitrogen and oxygen atoms in total. The number of likely N-dealkylation sites (tertiary alicyclic amines) is 1. The molecule has 0 bridgehead atoms. The highest BCUT2D eigenvalue weighted by atomic mass is 35.5. The molecule has 0 unspecified atom stereocenters. The minimum atomic E-state index is -0.888. The Kier molecular flexibility index (Phi) is 7.45. The van der Waals surface area contributed by atoms with Crippen molar-refractivity contribution in [2.75, 3.05) is 37.0 Å². The molecule has 0 aromatic heterocycles. The molecule has 2 aliphatic rings. The van der Waals surface area contributed by atoms with Crippen LogP contribution >= 0.6 is 23.4 Å². The van der Waals surface area contributed by atoms with Gasteiger partial charge in [-0.2, -0.15) is 0 Å². The molecule has 174 valence electrons. The number of anilines is 2. The maximum absolute atomic E-state index is 13.4. The molecule has 0 aliphatic carbocycles. The summed E-state index contributed by atoms with van der Waals surface area (Å²) in [6, 6.07) is 12.3. The zero-order chi connectivity index (χ0) is 23.4. The number of benzene rings is 2. The highest BCUT2D eigenvalue weighted by Gasteiger charge is 2.40. The standard InChI is InChI=1S/C24H26ClN3O4S/c1-32-19-11-10-16(14-17(19)25)26-21(29)15-28-18-8-4-5-9-20(18)33-22(24(28)31)23(30)27-12-6-2-3-7-13-27/h4-5,8-11,14,22H,2-3,6-7,12-13,15H2,1H3,(H,26,29)/t22-/m0/s1. The number of fused-ring (bicyclic) bond motifs is 1. The summed E-state index contributed by atoms with van der Waals surface area (Å²) in [5.74, 6) is -0.418. The number of carbonyl (C=O) groups is 3. The molecule has 33 heavy (non-hydrogen) atoms. The van der Waals surface area contributed by atoms with Crippen LogP contribution in [-0.2, 0) is 14.4 Å². The lowest BCUT2D eigenvalue weighted by atomic mass is 10.2. The summed E-state index contributed by atoms with van der Waals surface area (Å²) < 4.78 is 5.14. The van der Waals surface area contributed by atoms with E-state index in [1.807, 2.05) is 18.2 Å². The van der Waals surface area contributed by atoms with E-state index in [0.29, 0.717) is 35.2 Å². The molecule has 9 heteroatoms. The molecule has 2 aromatic carbocycles. The zero-order valence-corrected chi connectivity index (χ0v) is 20.0. The summed E-state index contributed by atoms with van der Waals surface area (Å²) in [5.41, 5.74) is 1.13. The fourth-order valence-electron chi connectivity index (χ4n) is 4.08. The highest BCUT2D eigenvalue weighted by Crippen LogP contribution is 2.40. The first-order valence-electron chi connectivity index (χ1n) is 11.0. The number of amides is 3. The maximum Gasteiger partial charge on any atom is 0.250 e. The molecule has 3 amide bonds. The first-order chi connectivity index (χ1) is 16.0. The Bertz CT molecular complexity index is 1060. The Morgan fingerprint density at radius 1 is 1.12 bits per heavy atom. The third-order valence-electron chi connectivity index (χ3n) is 5.77. The van der Waals surface area contributed by atoms with Crippen molar-refractivity contribution in [2.45, 2.75) is 35.8 Å². The Hall–Kier alpha value is -2.71. The fraction of sp³-hybridized carbons (Fsp3) is 0.375. The minimum Gasteiger partial charge on any atom is -0.495 e. The van der Waals surface area contributed by atoms with E-state index in [-0.39, 0.29) is 24.3 Å². The van der Waals surface area contributed by atoms with E-state index in [4.69, 9.17) is 16.3 Å². The van der Waals surface area contributed by atoms with Crippen molar-refractivity contribution < 1.29 is 19.1 Å². The number of ether oxygens (including phenoxy) is 1. The van der Waals surface area contributed by atoms with E-state index >= 15 is 0 Å². The van der Waals surface area contributed by atoms with E-state index in [0.717, 1.165) is 30.6 Å². The summed E-state index contributed by atoms with van der Waals surface area (Å²) in [5, 5.41) is 2.26. The number of thioether (sulfide) groups is 1. The number of hydrogen-bond acceptors (Lipinski definition) is 5. The Morgan fingerprint density at radius 2 is 1.85 bits per heavy atom. The van der Waals surface area contributed by atoms with Gasteiger partial charge in [0.25, 0.3) is 5.91 Å². The number of carbonyl (C=O) groups excluding carboxylic acids is 3. The molecule has 0 radical (unpaired) electrons. The summed E-state index contributed by atoms with van der Waals surface area (Å²) >= 11 is 7.42. The average molecular weight is 488 g/mol. The molecule has 1 atom stereocenters. The molecule has 0 saturated carbocycles. The van der Waals surface area contributed by atoms with Crippen LogP contribution in [-0.4, -0.2) is 54.6 Å². The van der Waals surface area contributed by atoms with Gasteiger partial charge in [-0.05, 0) is 43.2 Å². The molecule has 2 aliphatic heterocycles. The van der Waals surface area contributed by atoms with Gasteiger partial charge in [0.15, 0.2) is 5.25 Å². The normalized spacial score (nSPS) is 18.4. The van der Waals surface area contributed by atoms with Crippen LogP contribution in [0.4, 0.5) is 11.4 Å². The van der Waals surface area contributed by atoms with Gasteiger partial charge < -0.3 is 19.9 Å². The van der Waals surface area contributed by atoms with Crippen molar-refractivity contribution in [3.8, 4) is 5.75 Å². The maximum atomic E-state index is 13.4. The second-order valence-corrected chi connectivity index (χ2v) is 9.58. The van der Waals surface area contributed by atoms with Crippen LogP contribution in [0, 0.1) is 0 Å². The van der Waals surface area contributed by atoms with E-state index in [1.54, 1.807) is 29.2 Å². The molecule has 2 aromatic rings. The van der Waals surface area contributed by atoms with Gasteiger partial charge in [0.1, 0.15) is 12.3 Å². The smallest absolute Gasteiger partial charge is 0.250 e. The summed E-state index contributed by atoms with van der Waals surface area (Å²) in [6.45, 7) is 1.14. The van der Waals surface area contributed by atoms with Crippen LogP contribution in [0.15, 0.2) is 47.4 Å². The van der Waals surface area contributed by atoms with E-state index < -0.39 is 5.25 Å². The van der Waals surface area contributed by atoms with E-state index in [1.165, 1.54) is 23.8 Å². The van der Waals surface area contributed by atoms with Gasteiger partial charge in [0.2, 0.25) is 11.8 Å². The number of rotatable bonds is 5. The van der Waals surface area contributed by atoms with Gasteiger partial charge in [0, 0.05) is 23.7 Å². The minimum absolute atomic E-state index is 0.172. The molecule has 1 N–H and O–H groups in total. The largest absolute Gasteiger partial charge is 0.495 e. The topological polar surface area (TPSA) is 79.0 Å². The third-order valence-corrected chi connectivity index (χ3v) is 7.30. The Labute approximate surface area is 202 Å². The first-order valence-corrected chi connectivity index (χ1v) is 12.2. The van der Waals surface area contributed by atoms with Crippen molar-refractivity contribution in [3.05, 3.63) is 47.5 Å². The van der Waals surface area contributed by atoms with Crippen LogP contribution in [0.3, 0.4) is 0 Å². The summed E-state index contributed by atoms with van der Waals surface area (Å²) in [6.07, 6.45) is 4.09. The van der Waals surface area contributed by atoms with Crippen LogP contribution in [0.25, 0.3) is 0 Å². The van der Waals surface area contributed by atoms with Gasteiger partial charge >= 0.3 is 0 Å². The lowest BCUT2D eigenvalue weighted by Crippen LogP contribution is -2.51. The lowest BCUT2D eigenvalue weighted by Gasteiger charge is -2.34. The molecule has 2 heterocycles. The number of halogens is 1. The van der Waals surface area contributed by atoms with Gasteiger partial charge in [-0.1, -0.05) is 36.6 Å². The zero-order valence-electron chi connectivity index (χ0n) is 18.4. The molecule has 1 saturated heterocycles. The van der Waals surface area contributed by atoms with Gasteiger partial charge in [-0.3, -0.25) is 14.4 Å². The summed E-state index contributed by atoms with van der Waals surface area (Å²) in [4.78, 5) is 43.6. The number of hydrogen-bond donors (Lipinski definition) is 1. The van der Waals surface area contributed by atoms with Crippen LogP contribution in [0.5, 0.6) is 5.75 Å². The van der Waals surface area contributed by atoms with Crippen molar-refractivity contribution in [1.29, 1.82) is 0 Å². The van der Waals surface area contributed by atoms with Crippen molar-refractivity contribution in [3.63, 3.8) is 0 Å². The lowest BCUT2D eigenvalue weighted by molar-refractivity contribution is -0.135. The molecular weight excluding hydrogens is 462 g/mol. The predicted octanol–water partition coefficient (Wildman–Crippen LogP) is 4.20. The fourth-order valence-corrected chi connectivity index (χ4v) is 5.53. The number of methoxy groups -OCH3 is 1. The average Bonchev–Trinajstić information content (AvgIpc) is 3.10. The van der Waals surface area contributed by atoms with E-state index in [9.17, 15) is 14.4 Å². The quantitative estimate of drug-likeness (QED) is 0.639. The molecule has 0 spiro atoms. The SMILES string of the molecule is COc1ccc(NC(=O)CN2C(=O)[C@H](C(=O)N3CCCCCC3)Sc3ccccc32)cc1Cl. The van der Waals surface area contributed by atoms with E-state index in [2.05, 4.69) is 5.32 Å². The second-order valence-electron chi connectivity index (χ2n) is 8.03. The Balaban J connectivity index is 1.53. The highest BCUT2D eigenvalue weighted by molar-refractivity contribution is 8.01. The summed E-state index contributed by atoms with van der Waals surface area (Å²) in [7, 11) is 1.51. The third kappa shape index (κ3) is 5.28. The second kappa shape index (κ2) is 10.5. The monoisotopic (exact) mass is 487 g/mol. The van der Waals surface area contributed by atoms with Crippen molar-refractivity contribution >= 4 is 52.5 Å². The number of para-hydroxylation sites is 1. The molecular formula is C24H26ClN3O4S. The van der Waals surface area contributed by atoms with Crippen molar-refractivity contribution in [2.24, 2.45) is 0 Å². The Morgan fingerprint density at radius 3 is 2.55 bits per heavy atom. The predicted molar refractivity (Wildman–Crippen MR) is 130 cm³/mol. The number of nitrogens with one attached hydrogen (secondary N) is 1. The van der Waals surface area contributed by atoms with Crippen molar-refractivity contribution in [1.82, 2.24) is 4.90 Å². The molecule has 1 fully saturated rings. The van der Waals surface area contributed by atoms with Gasteiger partial charge in [0.05, 0.1) is 17.8 Å².